The van der Waals surface area contributed by atoms with Crippen molar-refractivity contribution in [2.75, 3.05) is 11.9 Å². The zero-order chi connectivity index (χ0) is 16.4. The second-order valence-electron chi connectivity index (χ2n) is 6.62. The van der Waals surface area contributed by atoms with Gasteiger partial charge >= 0.3 is 150 Å². The normalized spacial score (nSPS) is 20.4. The van der Waals surface area contributed by atoms with Crippen LogP contribution in [0.4, 0.5) is 5.69 Å². The molecule has 0 spiro atoms. The first kappa shape index (κ1) is 16.6. The van der Waals surface area contributed by atoms with Gasteiger partial charge < -0.3 is 0 Å². The molecule has 1 N–H and O–H groups in total. The Hall–Kier alpha value is -1.28. The standard InChI is InChI=1S/C19H23N3.W/c1-19(2)14-18(16-10-6-4-7-11-16)20-22(19)15-21(3)17-12-8-5-9-13-17;/h4-13,18,20H,14H2,1-3H3;. The van der Waals surface area contributed by atoms with Gasteiger partial charge in [0.05, 0.1) is 0 Å². The van der Waals surface area contributed by atoms with E-state index >= 15 is 0 Å². The molecule has 3 nitrogen and oxygen atoms in total. The third-order valence-electron chi connectivity index (χ3n) is 4.42. The first-order valence-corrected chi connectivity index (χ1v) is 9.40. The molecule has 120 valence electrons. The number of hydrogen-bond donors (Lipinski definition) is 1. The van der Waals surface area contributed by atoms with Crippen molar-refractivity contribution in [3.05, 3.63) is 66.2 Å². The second kappa shape index (κ2) is 6.68. The Bertz CT molecular complexity index is 670. The summed E-state index contributed by atoms with van der Waals surface area (Å²) < 4.78 is 1.29. The van der Waals surface area contributed by atoms with Crippen molar-refractivity contribution in [2.45, 2.75) is 31.8 Å². The maximum absolute atomic E-state index is 3.72. The minimum absolute atomic E-state index is 0.0840. The first-order chi connectivity index (χ1) is 11.0. The molecule has 1 atom stereocenters. The zero-order valence-electron chi connectivity index (χ0n) is 13.9. The van der Waals surface area contributed by atoms with E-state index in [-0.39, 0.29) is 5.54 Å². The fourth-order valence-corrected chi connectivity index (χ4v) is 4.53. The van der Waals surface area contributed by atoms with Crippen LogP contribution in [0.25, 0.3) is 0 Å². The van der Waals surface area contributed by atoms with Gasteiger partial charge in [-0.15, -0.1) is 0 Å². The van der Waals surface area contributed by atoms with Gasteiger partial charge in [-0.25, -0.2) is 0 Å². The fraction of sp³-hybridized carbons (Fsp3) is 0.316. The van der Waals surface area contributed by atoms with E-state index in [0.29, 0.717) is 6.04 Å². The SMILES string of the molecule is CN([C](=[W])N1NC(c2ccccc2)CC1(C)C)c1ccccc1. The molecule has 23 heavy (non-hydrogen) atoms. The van der Waals surface area contributed by atoms with E-state index in [9.17, 15) is 0 Å². The van der Waals surface area contributed by atoms with E-state index < -0.39 is 0 Å². The Morgan fingerprint density at radius 1 is 1.09 bits per heavy atom. The molecule has 0 saturated carbocycles. The van der Waals surface area contributed by atoms with Gasteiger partial charge in [0.25, 0.3) is 0 Å². The topological polar surface area (TPSA) is 18.5 Å². The van der Waals surface area contributed by atoms with E-state index in [1.54, 1.807) is 0 Å². The van der Waals surface area contributed by atoms with E-state index in [1.807, 2.05) is 0 Å². The van der Waals surface area contributed by atoms with Crippen molar-refractivity contribution in [1.82, 2.24) is 10.4 Å². The molecule has 0 bridgehead atoms. The van der Waals surface area contributed by atoms with Gasteiger partial charge in [-0.05, 0) is 0 Å². The number of anilines is 1. The van der Waals surface area contributed by atoms with Crippen molar-refractivity contribution >= 4 is 9.83 Å². The zero-order valence-corrected chi connectivity index (χ0v) is 16.8. The van der Waals surface area contributed by atoms with Crippen LogP contribution in [-0.4, -0.2) is 21.7 Å². The van der Waals surface area contributed by atoms with Gasteiger partial charge in [-0.3, -0.25) is 0 Å². The molecule has 0 amide bonds. The molecular weight excluding hydrogens is 454 g/mol. The predicted octanol–water partition coefficient (Wildman–Crippen LogP) is 3.49. The molecule has 1 heterocycles. The number of hydrogen-bond acceptors (Lipinski definition) is 3. The molecule has 1 fully saturated rings. The number of hydrazine groups is 1. The van der Waals surface area contributed by atoms with Crippen molar-refractivity contribution in [1.29, 1.82) is 0 Å². The van der Waals surface area contributed by atoms with Crippen LogP contribution in [0, 0.1) is 0 Å². The summed E-state index contributed by atoms with van der Waals surface area (Å²) in [4.78, 5) is 2.28. The number of benzene rings is 2. The van der Waals surface area contributed by atoms with Crippen LogP contribution >= 0.6 is 0 Å². The van der Waals surface area contributed by atoms with Gasteiger partial charge in [-0.2, -0.15) is 0 Å². The van der Waals surface area contributed by atoms with E-state index in [1.165, 1.54) is 34.8 Å². The van der Waals surface area contributed by atoms with Crippen LogP contribution in [0.1, 0.15) is 31.9 Å². The number of para-hydroxylation sites is 1. The Kier molecular flexibility index (Phi) is 4.82. The summed E-state index contributed by atoms with van der Waals surface area (Å²) >= 11 is 1.46. The summed E-state index contributed by atoms with van der Waals surface area (Å²) in [6.45, 7) is 4.62. The molecule has 0 aliphatic carbocycles. The summed E-state index contributed by atoms with van der Waals surface area (Å²) in [5.74, 6) is 0. The third kappa shape index (κ3) is 3.47. The molecule has 4 heteroatoms. The molecule has 3 rings (SSSR count). The van der Waals surface area contributed by atoms with E-state index in [0.717, 1.165) is 6.42 Å². The monoisotopic (exact) mass is 477 g/mol. The van der Waals surface area contributed by atoms with Crippen molar-refractivity contribution in [3.63, 3.8) is 0 Å². The van der Waals surface area contributed by atoms with Gasteiger partial charge in [0.1, 0.15) is 0 Å². The van der Waals surface area contributed by atoms with Crippen molar-refractivity contribution in [2.24, 2.45) is 0 Å². The van der Waals surface area contributed by atoms with Crippen molar-refractivity contribution < 1.29 is 19.4 Å². The molecule has 1 saturated heterocycles. The predicted molar refractivity (Wildman–Crippen MR) is 92.7 cm³/mol. The van der Waals surface area contributed by atoms with Crippen LogP contribution < -0.4 is 10.3 Å². The van der Waals surface area contributed by atoms with E-state index in [2.05, 4.69) is 96.9 Å². The van der Waals surface area contributed by atoms with Gasteiger partial charge in [0.15, 0.2) is 0 Å². The quantitative estimate of drug-likeness (QED) is 0.728. The van der Waals surface area contributed by atoms with E-state index in [4.69, 9.17) is 0 Å². The Labute approximate surface area is 149 Å². The van der Waals surface area contributed by atoms with Gasteiger partial charge in [-0.1, -0.05) is 0 Å². The second-order valence-corrected chi connectivity index (χ2v) is 7.93. The summed E-state index contributed by atoms with van der Waals surface area (Å²) in [5.41, 5.74) is 6.38. The van der Waals surface area contributed by atoms with Crippen LogP contribution in [0.5, 0.6) is 0 Å². The van der Waals surface area contributed by atoms with Gasteiger partial charge in [0.2, 0.25) is 0 Å². The third-order valence-corrected chi connectivity index (χ3v) is 6.06. The molecular formula is C19H23N3W. The summed E-state index contributed by atoms with van der Waals surface area (Å²) in [6, 6.07) is 21.6. The van der Waals surface area contributed by atoms with Crippen LogP contribution in [-0.2, 0) is 19.4 Å². The Morgan fingerprint density at radius 2 is 1.65 bits per heavy atom. The fourth-order valence-electron chi connectivity index (χ4n) is 3.07. The Morgan fingerprint density at radius 3 is 2.26 bits per heavy atom. The number of nitrogens with one attached hydrogen (secondary N) is 1. The molecule has 1 unspecified atom stereocenters. The van der Waals surface area contributed by atoms with Crippen LogP contribution in [0.15, 0.2) is 60.7 Å². The minimum atomic E-state index is 0.0840. The first-order valence-electron chi connectivity index (χ1n) is 7.93. The number of rotatable bonds is 4. The molecule has 2 aromatic carbocycles. The average molecular weight is 477 g/mol. The van der Waals surface area contributed by atoms with Crippen LogP contribution in [0.3, 0.4) is 0 Å². The Balaban J connectivity index is 1.80. The summed E-state index contributed by atoms with van der Waals surface area (Å²) in [6.07, 6.45) is 1.09. The van der Waals surface area contributed by atoms with Gasteiger partial charge in [0, 0.05) is 0 Å². The molecule has 1 aliphatic rings. The molecule has 0 aromatic heterocycles. The van der Waals surface area contributed by atoms with Crippen molar-refractivity contribution in [3.8, 4) is 0 Å². The number of nitrogens with zero attached hydrogens (tertiary/aromatic N) is 2. The molecule has 0 radical (unpaired) electrons. The molecule has 1 aliphatic heterocycles. The molecule has 2 aromatic rings. The summed E-state index contributed by atoms with van der Waals surface area (Å²) in [7, 11) is 2.14. The summed E-state index contributed by atoms with van der Waals surface area (Å²) in [5, 5.41) is 2.35. The maximum atomic E-state index is 3.72. The average Bonchev–Trinajstić information content (AvgIpc) is 2.90. The van der Waals surface area contributed by atoms with Crippen LogP contribution in [0.2, 0.25) is 0 Å².